The minimum absolute atomic E-state index is 0.150. The van der Waals surface area contributed by atoms with Crippen molar-refractivity contribution in [2.45, 2.75) is 27.2 Å². The van der Waals surface area contributed by atoms with Gasteiger partial charge in [0.05, 0.1) is 5.69 Å². The minimum atomic E-state index is -0.322. The molecule has 1 heterocycles. The lowest BCUT2D eigenvalue weighted by Gasteiger charge is -2.16. The summed E-state index contributed by atoms with van der Waals surface area (Å²) in [4.78, 5) is 10.9. The van der Waals surface area contributed by atoms with E-state index in [9.17, 15) is 4.79 Å². The quantitative estimate of drug-likeness (QED) is 0.677. The molecule has 1 rings (SSSR count). The van der Waals surface area contributed by atoms with Crippen molar-refractivity contribution < 1.29 is 0 Å². The molecule has 0 aliphatic heterocycles. The van der Waals surface area contributed by atoms with Crippen molar-refractivity contribution >= 4 is 5.69 Å². The maximum atomic E-state index is 10.9. The van der Waals surface area contributed by atoms with Gasteiger partial charge in [-0.15, -0.1) is 0 Å². The zero-order valence-electron chi connectivity index (χ0n) is 8.22. The van der Waals surface area contributed by atoms with E-state index in [-0.39, 0.29) is 16.7 Å². The molecule has 0 aliphatic rings. The number of nitrogen functional groups attached to an aromatic ring is 1. The van der Waals surface area contributed by atoms with Crippen molar-refractivity contribution in [1.82, 2.24) is 10.2 Å². The highest BCUT2D eigenvalue weighted by molar-refractivity contribution is 5.34. The maximum Gasteiger partial charge on any atom is 0.287 e. The second-order valence-corrected chi connectivity index (χ2v) is 4.38. The van der Waals surface area contributed by atoms with Gasteiger partial charge in [0.15, 0.2) is 0 Å². The van der Waals surface area contributed by atoms with Crippen molar-refractivity contribution in [3.8, 4) is 0 Å². The van der Waals surface area contributed by atoms with Crippen molar-refractivity contribution in [2.75, 3.05) is 5.73 Å². The average Bonchev–Trinajstić information content (AvgIpc) is 1.94. The van der Waals surface area contributed by atoms with Gasteiger partial charge in [-0.1, -0.05) is 20.8 Å². The van der Waals surface area contributed by atoms with Gasteiger partial charge in [0.1, 0.15) is 5.69 Å². The molecule has 0 fully saturated rings. The number of nitrogens with one attached hydrogen (secondary N) is 1. The number of aromatic nitrogens is 2. The number of rotatable bonds is 1. The molecule has 1 aromatic rings. The third kappa shape index (κ3) is 2.89. The molecule has 13 heavy (non-hydrogen) atoms. The summed E-state index contributed by atoms with van der Waals surface area (Å²) in [5.74, 6) is 0. The van der Waals surface area contributed by atoms with Crippen LogP contribution in [0.15, 0.2) is 10.9 Å². The first-order valence-corrected chi connectivity index (χ1v) is 4.22. The molecule has 4 nitrogen and oxygen atoms in total. The van der Waals surface area contributed by atoms with E-state index in [1.54, 1.807) is 6.07 Å². The molecule has 0 unspecified atom stereocenters. The Bertz CT molecular complexity index is 349. The summed E-state index contributed by atoms with van der Waals surface area (Å²) >= 11 is 0. The van der Waals surface area contributed by atoms with Gasteiger partial charge in [0.2, 0.25) is 0 Å². The van der Waals surface area contributed by atoms with Gasteiger partial charge in [-0.2, -0.15) is 5.10 Å². The van der Waals surface area contributed by atoms with Crippen LogP contribution in [0.1, 0.15) is 26.5 Å². The zero-order chi connectivity index (χ0) is 10.1. The van der Waals surface area contributed by atoms with Crippen molar-refractivity contribution in [1.29, 1.82) is 0 Å². The van der Waals surface area contributed by atoms with E-state index in [2.05, 4.69) is 31.0 Å². The zero-order valence-corrected chi connectivity index (χ0v) is 8.22. The highest BCUT2D eigenvalue weighted by atomic mass is 16.1. The van der Waals surface area contributed by atoms with Crippen LogP contribution in [0.5, 0.6) is 0 Å². The van der Waals surface area contributed by atoms with E-state index in [1.165, 1.54) is 0 Å². The predicted molar refractivity (Wildman–Crippen MR) is 52.4 cm³/mol. The summed E-state index contributed by atoms with van der Waals surface area (Å²) in [5, 5.41) is 6.27. The lowest BCUT2D eigenvalue weighted by atomic mass is 9.90. The highest BCUT2D eigenvalue weighted by Crippen LogP contribution is 2.18. The normalized spacial score (nSPS) is 11.6. The van der Waals surface area contributed by atoms with Crippen LogP contribution in [0.4, 0.5) is 5.69 Å². The topological polar surface area (TPSA) is 71.8 Å². The van der Waals surface area contributed by atoms with E-state index in [4.69, 9.17) is 5.73 Å². The summed E-state index contributed by atoms with van der Waals surface area (Å²) < 4.78 is 0. The Kier molecular flexibility index (Phi) is 2.40. The van der Waals surface area contributed by atoms with Gasteiger partial charge in [0.25, 0.3) is 5.56 Å². The molecule has 0 saturated carbocycles. The number of hydrogen-bond acceptors (Lipinski definition) is 3. The Morgan fingerprint density at radius 2 is 2.15 bits per heavy atom. The molecule has 0 radical (unpaired) electrons. The van der Waals surface area contributed by atoms with Crippen LogP contribution in [-0.4, -0.2) is 10.2 Å². The Labute approximate surface area is 77.2 Å². The van der Waals surface area contributed by atoms with Crippen LogP contribution in [0.2, 0.25) is 0 Å². The number of anilines is 1. The number of hydrogen-bond donors (Lipinski definition) is 2. The summed E-state index contributed by atoms with van der Waals surface area (Å²) in [7, 11) is 0. The summed E-state index contributed by atoms with van der Waals surface area (Å²) in [6.45, 7) is 6.32. The van der Waals surface area contributed by atoms with E-state index < -0.39 is 0 Å². The smallest absolute Gasteiger partial charge is 0.287 e. The fourth-order valence-electron chi connectivity index (χ4n) is 1.10. The highest BCUT2D eigenvalue weighted by Gasteiger charge is 2.12. The number of nitrogens with zero attached hydrogens (tertiary/aromatic N) is 1. The van der Waals surface area contributed by atoms with E-state index in [0.717, 1.165) is 12.1 Å². The van der Waals surface area contributed by atoms with Crippen molar-refractivity contribution in [2.24, 2.45) is 5.41 Å². The number of nitrogens with two attached hydrogens (primary N) is 1. The monoisotopic (exact) mass is 181 g/mol. The third-order valence-electron chi connectivity index (χ3n) is 1.60. The Morgan fingerprint density at radius 3 is 2.62 bits per heavy atom. The number of aromatic amines is 1. The van der Waals surface area contributed by atoms with Crippen LogP contribution in [0, 0.1) is 5.41 Å². The molecule has 0 bridgehead atoms. The second kappa shape index (κ2) is 3.20. The fraction of sp³-hybridized carbons (Fsp3) is 0.556. The molecule has 0 aromatic carbocycles. The van der Waals surface area contributed by atoms with E-state index in [1.807, 2.05) is 0 Å². The van der Waals surface area contributed by atoms with Gasteiger partial charge >= 0.3 is 0 Å². The molecule has 0 aliphatic carbocycles. The minimum Gasteiger partial charge on any atom is -0.394 e. The maximum absolute atomic E-state index is 10.9. The van der Waals surface area contributed by atoms with Crippen LogP contribution in [0.3, 0.4) is 0 Å². The second-order valence-electron chi connectivity index (χ2n) is 4.38. The summed E-state index contributed by atoms with van der Waals surface area (Å²) in [6, 6.07) is 1.63. The van der Waals surface area contributed by atoms with Crippen LogP contribution < -0.4 is 11.3 Å². The predicted octanol–water partition coefficient (Wildman–Crippen LogP) is 0.941. The molecule has 1 aromatic heterocycles. The fourth-order valence-corrected chi connectivity index (χ4v) is 1.10. The summed E-state index contributed by atoms with van der Waals surface area (Å²) in [6.07, 6.45) is 0.800. The lowest BCUT2D eigenvalue weighted by Crippen LogP contribution is -2.17. The van der Waals surface area contributed by atoms with Gasteiger partial charge in [0, 0.05) is 0 Å². The molecule has 4 heteroatoms. The Balaban J connectivity index is 2.92. The van der Waals surface area contributed by atoms with Gasteiger partial charge in [-0.25, -0.2) is 5.10 Å². The molecule has 72 valence electrons. The molecular formula is C9H15N3O. The Hall–Kier alpha value is -1.32. The van der Waals surface area contributed by atoms with E-state index in [0.29, 0.717) is 0 Å². The van der Waals surface area contributed by atoms with E-state index >= 15 is 0 Å². The molecule has 0 spiro atoms. The molecule has 3 N–H and O–H groups in total. The molecule has 0 atom stereocenters. The summed E-state index contributed by atoms with van der Waals surface area (Å²) in [5.41, 5.74) is 6.34. The van der Waals surface area contributed by atoms with Gasteiger partial charge in [-0.3, -0.25) is 4.79 Å². The standard InChI is InChI=1S/C9H15N3O/c1-9(2,3)5-6-4-7(10)8(13)12-11-6/h4H,5H2,1-3H3,(H2,10,11)(H,12,13). The van der Waals surface area contributed by atoms with Crippen LogP contribution in [0.25, 0.3) is 0 Å². The molecular weight excluding hydrogens is 166 g/mol. The lowest BCUT2D eigenvalue weighted by molar-refractivity contribution is 0.404. The number of H-pyrrole nitrogens is 1. The third-order valence-corrected chi connectivity index (χ3v) is 1.60. The first-order chi connectivity index (χ1) is 5.88. The molecule has 0 amide bonds. The first kappa shape index (κ1) is 9.77. The average molecular weight is 181 g/mol. The SMILES string of the molecule is CC(C)(C)Cc1cc(N)c(=O)[nH]n1. The largest absolute Gasteiger partial charge is 0.394 e. The first-order valence-electron chi connectivity index (χ1n) is 4.22. The molecule has 0 saturated heterocycles. The van der Waals surface area contributed by atoms with Gasteiger partial charge in [-0.05, 0) is 17.9 Å². The van der Waals surface area contributed by atoms with Crippen molar-refractivity contribution in [3.05, 3.63) is 22.1 Å². The van der Waals surface area contributed by atoms with Gasteiger partial charge < -0.3 is 5.73 Å². The Morgan fingerprint density at radius 1 is 1.54 bits per heavy atom. The van der Waals surface area contributed by atoms with Crippen LogP contribution in [-0.2, 0) is 6.42 Å². The van der Waals surface area contributed by atoms with Crippen LogP contribution >= 0.6 is 0 Å². The van der Waals surface area contributed by atoms with Crippen molar-refractivity contribution in [3.63, 3.8) is 0 Å².